The monoisotopic (exact) mass is 486 g/mol. The highest BCUT2D eigenvalue weighted by molar-refractivity contribution is 5.94. The molecule has 2 amide bonds. The van der Waals surface area contributed by atoms with E-state index in [-0.39, 0.29) is 30.9 Å². The van der Waals surface area contributed by atoms with Gasteiger partial charge < -0.3 is 21.3 Å². The summed E-state index contributed by atoms with van der Waals surface area (Å²) in [6.45, 7) is 1.98. The minimum atomic E-state index is -4.65. The quantitative estimate of drug-likeness (QED) is 0.325. The number of hydrogen-bond donors (Lipinski definition) is 4. The van der Waals surface area contributed by atoms with Crippen LogP contribution < -0.4 is 21.3 Å². The van der Waals surface area contributed by atoms with E-state index in [1.165, 1.54) is 6.92 Å². The summed E-state index contributed by atoms with van der Waals surface area (Å²) < 4.78 is 39.9. The Morgan fingerprint density at radius 2 is 1.63 bits per heavy atom. The highest BCUT2D eigenvalue weighted by Crippen LogP contribution is 2.34. The fourth-order valence-corrected chi connectivity index (χ4v) is 3.10. The van der Waals surface area contributed by atoms with Gasteiger partial charge in [0.05, 0.1) is 0 Å². The van der Waals surface area contributed by atoms with Gasteiger partial charge in [-0.3, -0.25) is 9.59 Å². The average Bonchev–Trinajstić information content (AvgIpc) is 2.82. The van der Waals surface area contributed by atoms with Gasteiger partial charge in [-0.2, -0.15) is 18.2 Å². The van der Waals surface area contributed by atoms with Crippen molar-refractivity contribution >= 4 is 29.3 Å². The van der Waals surface area contributed by atoms with Crippen LogP contribution in [0.25, 0.3) is 0 Å². The summed E-state index contributed by atoms with van der Waals surface area (Å²) in [7, 11) is 0. The second kappa shape index (κ2) is 11.8. The van der Waals surface area contributed by atoms with Crippen molar-refractivity contribution in [2.75, 3.05) is 30.3 Å². The van der Waals surface area contributed by atoms with Crippen LogP contribution in [0.5, 0.6) is 0 Å². The number of halogens is 3. The topological polar surface area (TPSA) is 108 Å². The van der Waals surface area contributed by atoms with Crippen molar-refractivity contribution < 1.29 is 22.8 Å². The molecule has 0 unspecified atom stereocenters. The molecule has 2 aromatic carbocycles. The molecule has 0 atom stereocenters. The van der Waals surface area contributed by atoms with Crippen LogP contribution in [0.2, 0.25) is 0 Å². The largest absolute Gasteiger partial charge is 0.421 e. The molecule has 0 radical (unpaired) electrons. The second-order valence-corrected chi connectivity index (χ2v) is 7.56. The number of aromatic nitrogens is 2. The molecule has 0 spiro atoms. The molecule has 0 saturated carbocycles. The van der Waals surface area contributed by atoms with Gasteiger partial charge in [0.25, 0.3) is 5.91 Å². The van der Waals surface area contributed by atoms with Gasteiger partial charge in [-0.1, -0.05) is 30.3 Å². The Hall–Kier alpha value is -4.15. The molecule has 1 aromatic heterocycles. The smallest absolute Gasteiger partial charge is 0.368 e. The van der Waals surface area contributed by atoms with Crippen molar-refractivity contribution in [3.8, 4) is 0 Å². The predicted molar refractivity (Wildman–Crippen MR) is 126 cm³/mol. The Balaban J connectivity index is 1.60. The summed E-state index contributed by atoms with van der Waals surface area (Å²) in [5.41, 5.74) is 1.04. The second-order valence-electron chi connectivity index (χ2n) is 7.56. The number of anilines is 3. The molecule has 4 N–H and O–H groups in total. The van der Waals surface area contributed by atoms with Crippen LogP contribution in [0.15, 0.2) is 60.8 Å². The number of nitrogens with zero attached hydrogens (tertiary/aromatic N) is 2. The molecule has 3 aromatic rings. The van der Waals surface area contributed by atoms with Crippen molar-refractivity contribution in [3.63, 3.8) is 0 Å². The van der Waals surface area contributed by atoms with Crippen molar-refractivity contribution in [1.82, 2.24) is 20.6 Å². The van der Waals surface area contributed by atoms with E-state index in [1.54, 1.807) is 24.3 Å². The normalized spacial score (nSPS) is 11.0. The van der Waals surface area contributed by atoms with E-state index in [9.17, 15) is 22.8 Å². The van der Waals surface area contributed by atoms with Gasteiger partial charge in [-0.25, -0.2) is 4.98 Å². The van der Waals surface area contributed by atoms with Crippen LogP contribution in [0.1, 0.15) is 28.4 Å². The van der Waals surface area contributed by atoms with Gasteiger partial charge in [0.2, 0.25) is 11.9 Å². The van der Waals surface area contributed by atoms with Crippen LogP contribution >= 0.6 is 0 Å². The van der Waals surface area contributed by atoms with E-state index in [2.05, 4.69) is 31.2 Å². The number of carbonyl (C=O) groups is 2. The van der Waals surface area contributed by atoms with E-state index >= 15 is 0 Å². The molecule has 1 heterocycles. The lowest BCUT2D eigenvalue weighted by molar-refractivity contribution is -0.137. The van der Waals surface area contributed by atoms with Crippen molar-refractivity contribution in [3.05, 3.63) is 77.5 Å². The van der Waals surface area contributed by atoms with Gasteiger partial charge in [0.1, 0.15) is 11.4 Å². The van der Waals surface area contributed by atoms with Gasteiger partial charge in [-0.05, 0) is 36.2 Å². The minimum absolute atomic E-state index is 0.0488. The maximum Gasteiger partial charge on any atom is 0.421 e. The number of hydrogen-bond acceptors (Lipinski definition) is 6. The molecule has 11 heteroatoms. The van der Waals surface area contributed by atoms with E-state index in [0.717, 1.165) is 5.56 Å². The fraction of sp³-hybridized carbons (Fsp3) is 0.250. The highest BCUT2D eigenvalue weighted by atomic mass is 19.4. The summed E-state index contributed by atoms with van der Waals surface area (Å²) in [6.07, 6.45) is -3.26. The first-order valence-corrected chi connectivity index (χ1v) is 10.8. The first kappa shape index (κ1) is 25.5. The molecule has 0 aliphatic heterocycles. The zero-order valence-electron chi connectivity index (χ0n) is 18.9. The zero-order valence-corrected chi connectivity index (χ0v) is 18.9. The number of alkyl halides is 3. The third-order valence-electron chi connectivity index (χ3n) is 4.83. The van der Waals surface area contributed by atoms with Gasteiger partial charge >= 0.3 is 6.18 Å². The lowest BCUT2D eigenvalue weighted by Crippen LogP contribution is -2.27. The number of rotatable bonds is 10. The third-order valence-corrected chi connectivity index (χ3v) is 4.83. The first-order chi connectivity index (χ1) is 16.7. The van der Waals surface area contributed by atoms with Crippen molar-refractivity contribution in [2.24, 2.45) is 0 Å². The van der Waals surface area contributed by atoms with E-state index in [1.807, 2.05) is 30.3 Å². The fourth-order valence-electron chi connectivity index (χ4n) is 3.10. The number of amides is 2. The van der Waals surface area contributed by atoms with Crippen LogP contribution in [-0.2, 0) is 17.4 Å². The van der Waals surface area contributed by atoms with Crippen LogP contribution in [0, 0.1) is 0 Å². The summed E-state index contributed by atoms with van der Waals surface area (Å²) in [6, 6.07) is 16.2. The molecule has 8 nitrogen and oxygen atoms in total. The molecule has 184 valence electrons. The third kappa shape index (κ3) is 7.98. The SMILES string of the molecule is CC(=O)NCCNc1nc(Nc2ccc(C(=O)NCCc3ccccc3)cc2)ncc1C(F)(F)F. The van der Waals surface area contributed by atoms with E-state index in [4.69, 9.17) is 0 Å². The van der Waals surface area contributed by atoms with E-state index < -0.39 is 17.6 Å². The molecular weight excluding hydrogens is 461 g/mol. The number of carbonyl (C=O) groups excluding carboxylic acids is 2. The van der Waals surface area contributed by atoms with Gasteiger partial charge in [-0.15, -0.1) is 0 Å². The van der Waals surface area contributed by atoms with Crippen LogP contribution in [0.3, 0.4) is 0 Å². The summed E-state index contributed by atoms with van der Waals surface area (Å²) in [4.78, 5) is 31.0. The van der Waals surface area contributed by atoms with Crippen molar-refractivity contribution in [2.45, 2.75) is 19.5 Å². The number of nitrogens with one attached hydrogen (secondary N) is 4. The molecule has 0 aliphatic carbocycles. The Morgan fingerprint density at radius 3 is 2.29 bits per heavy atom. The van der Waals surface area contributed by atoms with Crippen molar-refractivity contribution in [1.29, 1.82) is 0 Å². The molecule has 0 saturated heterocycles. The molecule has 35 heavy (non-hydrogen) atoms. The van der Waals surface area contributed by atoms with Crippen LogP contribution in [-0.4, -0.2) is 41.4 Å². The summed E-state index contributed by atoms with van der Waals surface area (Å²) in [5.74, 6) is -0.986. The first-order valence-electron chi connectivity index (χ1n) is 10.8. The minimum Gasteiger partial charge on any atom is -0.368 e. The Bertz CT molecular complexity index is 1140. The van der Waals surface area contributed by atoms with E-state index in [0.29, 0.717) is 30.4 Å². The Labute approximate surface area is 200 Å². The zero-order chi connectivity index (χ0) is 25.3. The predicted octanol–water partition coefficient (Wildman–Crippen LogP) is 3.76. The molecular formula is C24H25F3N6O2. The standard InChI is InChI=1S/C24H25F3N6O2/c1-16(34)28-13-14-29-21-20(24(25,26)27)15-31-23(33-21)32-19-9-7-18(8-10-19)22(35)30-12-11-17-5-3-2-4-6-17/h2-10,15H,11-14H2,1H3,(H,28,34)(H,30,35)(H2,29,31,32,33). The maximum atomic E-state index is 13.3. The summed E-state index contributed by atoms with van der Waals surface area (Å²) in [5, 5.41) is 10.7. The lowest BCUT2D eigenvalue weighted by Gasteiger charge is -2.15. The van der Waals surface area contributed by atoms with Gasteiger partial charge in [0, 0.05) is 44.0 Å². The maximum absolute atomic E-state index is 13.3. The highest BCUT2D eigenvalue weighted by Gasteiger charge is 2.35. The molecule has 0 bridgehead atoms. The lowest BCUT2D eigenvalue weighted by atomic mass is 10.1. The molecule has 0 fully saturated rings. The van der Waals surface area contributed by atoms with Gasteiger partial charge in [0.15, 0.2) is 0 Å². The number of benzene rings is 2. The Morgan fingerprint density at radius 1 is 0.914 bits per heavy atom. The Kier molecular flexibility index (Phi) is 8.60. The molecule has 3 rings (SSSR count). The average molecular weight is 486 g/mol. The molecule has 0 aliphatic rings. The van der Waals surface area contributed by atoms with Crippen LogP contribution in [0.4, 0.5) is 30.6 Å². The summed E-state index contributed by atoms with van der Waals surface area (Å²) >= 11 is 0.